The molecule has 0 aliphatic carbocycles. The fourth-order valence-corrected chi connectivity index (χ4v) is 4.55. The third kappa shape index (κ3) is 2.49. The second-order valence-electron chi connectivity index (χ2n) is 7.04. The lowest BCUT2D eigenvalue weighted by Crippen LogP contribution is -2.60. The number of allylic oxidation sites excluding steroid dienone is 1. The number of anilines is 1. The fourth-order valence-electron chi connectivity index (χ4n) is 4.55. The van der Waals surface area contributed by atoms with E-state index in [2.05, 4.69) is 0 Å². The highest BCUT2D eigenvalue weighted by Crippen LogP contribution is 2.54. The molecule has 0 radical (unpaired) electrons. The summed E-state index contributed by atoms with van der Waals surface area (Å²) in [4.78, 5) is 53.7. The lowest BCUT2D eigenvalue weighted by molar-refractivity contribution is -0.149. The van der Waals surface area contributed by atoms with E-state index in [0.29, 0.717) is 5.69 Å². The molecule has 0 aromatic heterocycles. The van der Waals surface area contributed by atoms with Crippen LogP contribution in [0.2, 0.25) is 0 Å². The molecule has 0 bridgehead atoms. The standard InChI is InChI=1S/C22H19NO8/c1-28-18(24)14-13-9-8-11-6-5-7-12-10-22(21(27)31-4,23(13)17(11)12)16(20(26)30-3)15(14)19(25)29-2/h5-9H,10H2,1-4H3. The number of rotatable bonds is 4. The van der Waals surface area contributed by atoms with Crippen molar-refractivity contribution in [3.8, 4) is 0 Å². The number of benzene rings is 1. The molecule has 0 N–H and O–H groups in total. The topological polar surface area (TPSA) is 108 Å². The number of esters is 4. The summed E-state index contributed by atoms with van der Waals surface area (Å²) in [7, 11) is 4.57. The van der Waals surface area contributed by atoms with E-state index in [1.165, 1.54) is 7.11 Å². The molecule has 1 atom stereocenters. The minimum Gasteiger partial charge on any atom is -0.467 e. The number of carbonyl (C=O) groups is 4. The maximum Gasteiger partial charge on any atom is 0.340 e. The van der Waals surface area contributed by atoms with Gasteiger partial charge >= 0.3 is 23.9 Å². The minimum absolute atomic E-state index is 0.0212. The van der Waals surface area contributed by atoms with E-state index in [1.807, 2.05) is 18.2 Å². The van der Waals surface area contributed by atoms with Crippen molar-refractivity contribution in [2.45, 2.75) is 12.0 Å². The van der Waals surface area contributed by atoms with Gasteiger partial charge in [-0.15, -0.1) is 0 Å². The predicted molar refractivity (Wildman–Crippen MR) is 107 cm³/mol. The summed E-state index contributed by atoms with van der Waals surface area (Å²) in [5, 5.41) is 0. The molecule has 3 aliphatic rings. The Morgan fingerprint density at radius 2 is 1.48 bits per heavy atom. The Balaban J connectivity index is 2.22. The van der Waals surface area contributed by atoms with Gasteiger partial charge in [-0.25, -0.2) is 19.2 Å². The average Bonchev–Trinajstić information content (AvgIpc) is 3.16. The van der Waals surface area contributed by atoms with E-state index in [1.54, 1.807) is 17.1 Å². The van der Waals surface area contributed by atoms with Gasteiger partial charge in [0.05, 0.1) is 56.5 Å². The van der Waals surface area contributed by atoms with Crippen molar-refractivity contribution in [3.05, 3.63) is 57.8 Å². The van der Waals surface area contributed by atoms with Crippen LogP contribution >= 0.6 is 0 Å². The number of hydrogen-bond donors (Lipinski definition) is 0. The van der Waals surface area contributed by atoms with Gasteiger partial charge in [-0.05, 0) is 17.2 Å². The molecule has 4 rings (SSSR count). The van der Waals surface area contributed by atoms with Gasteiger partial charge in [0, 0.05) is 6.42 Å². The van der Waals surface area contributed by atoms with E-state index in [9.17, 15) is 19.2 Å². The average molecular weight is 425 g/mol. The van der Waals surface area contributed by atoms with Crippen LogP contribution in [0.25, 0.3) is 6.08 Å². The predicted octanol–water partition coefficient (Wildman–Crippen LogP) is 1.07. The van der Waals surface area contributed by atoms with Crippen molar-refractivity contribution >= 4 is 35.6 Å². The van der Waals surface area contributed by atoms with Gasteiger partial charge < -0.3 is 23.8 Å². The minimum atomic E-state index is -1.76. The fraction of sp³-hybridized carbons (Fsp3) is 0.273. The van der Waals surface area contributed by atoms with Crippen molar-refractivity contribution < 1.29 is 38.1 Å². The molecule has 0 saturated heterocycles. The quantitative estimate of drug-likeness (QED) is 0.517. The Morgan fingerprint density at radius 3 is 2.10 bits per heavy atom. The third-order valence-corrected chi connectivity index (χ3v) is 5.73. The van der Waals surface area contributed by atoms with Crippen molar-refractivity contribution in [1.29, 1.82) is 0 Å². The molecule has 1 aromatic carbocycles. The molecule has 31 heavy (non-hydrogen) atoms. The molecule has 0 fully saturated rings. The monoisotopic (exact) mass is 425 g/mol. The highest BCUT2D eigenvalue weighted by molar-refractivity contribution is 6.20. The lowest BCUT2D eigenvalue weighted by atomic mass is 9.76. The molecule has 0 amide bonds. The van der Waals surface area contributed by atoms with Crippen molar-refractivity contribution in [2.75, 3.05) is 33.3 Å². The first-order valence-corrected chi connectivity index (χ1v) is 9.30. The Hall–Kier alpha value is -3.88. The van der Waals surface area contributed by atoms with Crippen LogP contribution in [0.15, 0.2) is 46.7 Å². The molecule has 9 heteroatoms. The lowest BCUT2D eigenvalue weighted by Gasteiger charge is -2.44. The van der Waals surface area contributed by atoms with Gasteiger partial charge in [-0.1, -0.05) is 24.3 Å². The summed E-state index contributed by atoms with van der Waals surface area (Å²) in [6.45, 7) is 0. The molecule has 160 valence electrons. The smallest absolute Gasteiger partial charge is 0.340 e. The highest BCUT2D eigenvalue weighted by Gasteiger charge is 2.63. The van der Waals surface area contributed by atoms with E-state index < -0.39 is 35.0 Å². The van der Waals surface area contributed by atoms with Crippen molar-refractivity contribution in [2.24, 2.45) is 0 Å². The van der Waals surface area contributed by atoms with Crippen molar-refractivity contribution in [3.63, 3.8) is 0 Å². The molecular weight excluding hydrogens is 406 g/mol. The molecule has 1 aromatic rings. The zero-order chi connectivity index (χ0) is 22.5. The molecule has 1 unspecified atom stereocenters. The molecule has 0 saturated carbocycles. The van der Waals surface area contributed by atoms with Crippen LogP contribution in [0.5, 0.6) is 0 Å². The first-order chi connectivity index (χ1) is 14.9. The third-order valence-electron chi connectivity index (χ3n) is 5.73. The number of ether oxygens (including phenoxy) is 4. The number of hydrogen-bond acceptors (Lipinski definition) is 9. The largest absolute Gasteiger partial charge is 0.467 e. The van der Waals surface area contributed by atoms with E-state index in [-0.39, 0.29) is 23.3 Å². The van der Waals surface area contributed by atoms with Gasteiger partial charge in [-0.3, -0.25) is 0 Å². The van der Waals surface area contributed by atoms with Crippen LogP contribution in [0, 0.1) is 0 Å². The van der Waals surface area contributed by atoms with Crippen LogP contribution in [0.1, 0.15) is 11.1 Å². The Labute approximate surface area is 177 Å². The summed E-state index contributed by atoms with van der Waals surface area (Å²) < 4.78 is 19.9. The van der Waals surface area contributed by atoms with Crippen LogP contribution < -0.4 is 4.90 Å². The Morgan fingerprint density at radius 1 is 0.839 bits per heavy atom. The number of methoxy groups -OCH3 is 4. The summed E-state index contributed by atoms with van der Waals surface area (Å²) in [5.41, 5.74) is -0.313. The van der Waals surface area contributed by atoms with E-state index in [0.717, 1.165) is 32.5 Å². The van der Waals surface area contributed by atoms with Gasteiger partial charge in [-0.2, -0.15) is 0 Å². The normalized spacial score (nSPS) is 20.3. The summed E-state index contributed by atoms with van der Waals surface area (Å²) in [5.74, 6) is -3.59. The number of nitrogens with zero attached hydrogens (tertiary/aromatic N) is 1. The Bertz CT molecular complexity index is 1140. The maximum atomic E-state index is 13.3. The van der Waals surface area contributed by atoms with Gasteiger partial charge in [0.25, 0.3) is 0 Å². The SMILES string of the molecule is COC(=O)C1=C2C=Cc3cccc4c3N2C(C(=O)OC)(C4)C(C(=O)OC)=C1C(=O)OC. The molecule has 0 spiro atoms. The molecule has 3 aliphatic heterocycles. The second-order valence-corrected chi connectivity index (χ2v) is 7.04. The zero-order valence-corrected chi connectivity index (χ0v) is 17.3. The van der Waals surface area contributed by atoms with Crippen LogP contribution in [0.4, 0.5) is 5.69 Å². The first-order valence-electron chi connectivity index (χ1n) is 9.30. The van der Waals surface area contributed by atoms with E-state index in [4.69, 9.17) is 18.9 Å². The molecular formula is C22H19NO8. The second kappa shape index (κ2) is 7.12. The van der Waals surface area contributed by atoms with Crippen LogP contribution in [0.3, 0.4) is 0 Å². The highest BCUT2D eigenvalue weighted by atomic mass is 16.5. The van der Waals surface area contributed by atoms with E-state index >= 15 is 0 Å². The first kappa shape index (κ1) is 20.4. The summed E-state index contributed by atoms with van der Waals surface area (Å²) in [6.07, 6.45) is 3.38. The molecule has 9 nitrogen and oxygen atoms in total. The van der Waals surface area contributed by atoms with Crippen LogP contribution in [-0.4, -0.2) is 57.9 Å². The van der Waals surface area contributed by atoms with Gasteiger partial charge in [0.1, 0.15) is 0 Å². The van der Waals surface area contributed by atoms with Crippen molar-refractivity contribution in [1.82, 2.24) is 0 Å². The maximum absolute atomic E-state index is 13.3. The van der Waals surface area contributed by atoms with Crippen LogP contribution in [-0.2, 0) is 44.5 Å². The molecule has 3 heterocycles. The summed E-state index contributed by atoms with van der Waals surface area (Å²) in [6, 6.07) is 5.47. The number of carbonyl (C=O) groups excluding carboxylic acids is 4. The summed E-state index contributed by atoms with van der Waals surface area (Å²) >= 11 is 0. The van der Waals surface area contributed by atoms with Gasteiger partial charge in [0.2, 0.25) is 0 Å². The van der Waals surface area contributed by atoms with Gasteiger partial charge in [0.15, 0.2) is 5.54 Å². The zero-order valence-electron chi connectivity index (χ0n) is 17.3. The Kier molecular flexibility index (Phi) is 4.68. The number of para-hydroxylation sites is 1.